The molecule has 2 aromatic carbocycles. The first-order valence-corrected chi connectivity index (χ1v) is 9.84. The lowest BCUT2D eigenvalue weighted by atomic mass is 10.0. The van der Waals surface area contributed by atoms with Gasteiger partial charge in [-0.15, -0.1) is 0 Å². The van der Waals surface area contributed by atoms with Gasteiger partial charge in [-0.3, -0.25) is 10.1 Å². The van der Waals surface area contributed by atoms with Crippen LogP contribution in [0.3, 0.4) is 0 Å². The molecule has 0 aliphatic carbocycles. The van der Waals surface area contributed by atoms with Crippen LogP contribution >= 0.6 is 0 Å². The molecular formula is C23H25N3O3. The molecule has 0 bridgehead atoms. The van der Waals surface area contributed by atoms with Crippen LogP contribution in [-0.4, -0.2) is 48.6 Å². The summed E-state index contributed by atoms with van der Waals surface area (Å²) in [4.78, 5) is 16.9. The summed E-state index contributed by atoms with van der Waals surface area (Å²) in [5.41, 5.74) is 2.13. The number of phenolic OH excluding ortho intramolecular Hbond substituents is 1. The standard InChI is InChI=1S/C23H25N3O3/c27-20-10-8-19(9-11-20)25-12-14-26(15-13-25)22(28)17-24-23(21-7-4-16-29-21)18-5-2-1-3-6-18/h1-11,16,23-24,27H,12-15,17H2/t23-/m1/s1. The number of phenols is 1. The summed E-state index contributed by atoms with van der Waals surface area (Å²) in [6.07, 6.45) is 1.65. The minimum atomic E-state index is -0.159. The molecule has 1 aliphatic heterocycles. The maximum atomic E-state index is 12.8. The number of piperazine rings is 1. The molecule has 1 aromatic heterocycles. The van der Waals surface area contributed by atoms with E-state index in [0.717, 1.165) is 30.1 Å². The zero-order valence-electron chi connectivity index (χ0n) is 16.2. The second kappa shape index (κ2) is 8.84. The van der Waals surface area contributed by atoms with Crippen molar-refractivity contribution in [3.63, 3.8) is 0 Å². The normalized spacial score (nSPS) is 15.3. The topological polar surface area (TPSA) is 69.0 Å². The molecule has 0 radical (unpaired) electrons. The van der Waals surface area contributed by atoms with Crippen molar-refractivity contribution in [2.24, 2.45) is 0 Å². The third kappa shape index (κ3) is 4.60. The molecule has 0 spiro atoms. The van der Waals surface area contributed by atoms with Crippen LogP contribution in [0, 0.1) is 0 Å². The molecule has 2 heterocycles. The Morgan fingerprint density at radius 2 is 1.69 bits per heavy atom. The zero-order chi connectivity index (χ0) is 20.1. The number of anilines is 1. The smallest absolute Gasteiger partial charge is 0.236 e. The summed E-state index contributed by atoms with van der Waals surface area (Å²) in [5, 5.41) is 12.8. The molecule has 1 amide bonds. The van der Waals surface area contributed by atoms with Gasteiger partial charge in [-0.1, -0.05) is 30.3 Å². The van der Waals surface area contributed by atoms with E-state index in [1.807, 2.05) is 59.5 Å². The molecule has 1 aliphatic rings. The van der Waals surface area contributed by atoms with Crippen LogP contribution in [0.5, 0.6) is 5.75 Å². The number of hydrogen-bond donors (Lipinski definition) is 2. The average molecular weight is 391 g/mol. The zero-order valence-corrected chi connectivity index (χ0v) is 16.2. The van der Waals surface area contributed by atoms with Gasteiger partial charge in [-0.05, 0) is 42.0 Å². The van der Waals surface area contributed by atoms with Crippen LogP contribution in [0.15, 0.2) is 77.4 Å². The van der Waals surface area contributed by atoms with Crippen LogP contribution in [0.25, 0.3) is 0 Å². The van der Waals surface area contributed by atoms with E-state index in [-0.39, 0.29) is 24.2 Å². The van der Waals surface area contributed by atoms with Crippen LogP contribution in [-0.2, 0) is 4.79 Å². The Morgan fingerprint density at radius 1 is 0.966 bits per heavy atom. The number of carbonyl (C=O) groups excluding carboxylic acids is 1. The Morgan fingerprint density at radius 3 is 2.34 bits per heavy atom. The fourth-order valence-corrected chi connectivity index (χ4v) is 3.66. The van der Waals surface area contributed by atoms with E-state index in [0.29, 0.717) is 13.1 Å². The van der Waals surface area contributed by atoms with Crippen LogP contribution in [0.4, 0.5) is 5.69 Å². The van der Waals surface area contributed by atoms with Gasteiger partial charge in [0.05, 0.1) is 18.8 Å². The van der Waals surface area contributed by atoms with E-state index in [4.69, 9.17) is 4.42 Å². The minimum Gasteiger partial charge on any atom is -0.508 e. The number of nitrogens with zero attached hydrogens (tertiary/aromatic N) is 2. The highest BCUT2D eigenvalue weighted by Gasteiger charge is 2.23. The Balaban J connectivity index is 1.34. The van der Waals surface area contributed by atoms with E-state index in [2.05, 4.69) is 10.2 Å². The SMILES string of the molecule is O=C(CN[C@H](c1ccccc1)c1ccco1)N1CCN(c2ccc(O)cc2)CC1. The quantitative estimate of drug-likeness (QED) is 0.676. The van der Waals surface area contributed by atoms with Crippen molar-refractivity contribution in [3.8, 4) is 5.75 Å². The van der Waals surface area contributed by atoms with Gasteiger partial charge in [0.2, 0.25) is 5.91 Å². The van der Waals surface area contributed by atoms with E-state index in [1.54, 1.807) is 18.4 Å². The van der Waals surface area contributed by atoms with Crippen molar-refractivity contribution in [2.75, 3.05) is 37.6 Å². The molecule has 6 nitrogen and oxygen atoms in total. The average Bonchev–Trinajstić information content (AvgIpc) is 3.30. The number of benzene rings is 2. The number of amides is 1. The predicted octanol–water partition coefficient (Wildman–Crippen LogP) is 3.01. The first-order valence-electron chi connectivity index (χ1n) is 9.84. The van der Waals surface area contributed by atoms with Crippen LogP contribution in [0.1, 0.15) is 17.4 Å². The molecule has 3 aromatic rings. The summed E-state index contributed by atoms with van der Waals surface area (Å²) in [6, 6.07) is 20.8. The first-order chi connectivity index (χ1) is 14.2. The molecule has 6 heteroatoms. The fourth-order valence-electron chi connectivity index (χ4n) is 3.66. The molecule has 4 rings (SSSR count). The number of hydrogen-bond acceptors (Lipinski definition) is 5. The highest BCUT2D eigenvalue weighted by molar-refractivity contribution is 5.78. The number of furan rings is 1. The highest BCUT2D eigenvalue weighted by atomic mass is 16.3. The monoisotopic (exact) mass is 391 g/mol. The Bertz CT molecular complexity index is 902. The minimum absolute atomic E-state index is 0.0860. The third-order valence-corrected chi connectivity index (χ3v) is 5.27. The van der Waals surface area contributed by atoms with Crippen LogP contribution in [0.2, 0.25) is 0 Å². The molecule has 29 heavy (non-hydrogen) atoms. The molecule has 150 valence electrons. The Kier molecular flexibility index (Phi) is 5.81. The van der Waals surface area contributed by atoms with Gasteiger partial charge in [0.25, 0.3) is 0 Å². The van der Waals surface area contributed by atoms with Crippen molar-refractivity contribution in [2.45, 2.75) is 6.04 Å². The van der Waals surface area contributed by atoms with Gasteiger partial charge in [-0.25, -0.2) is 0 Å². The molecule has 2 N–H and O–H groups in total. The molecule has 1 saturated heterocycles. The van der Waals surface area contributed by atoms with Crippen molar-refractivity contribution < 1.29 is 14.3 Å². The van der Waals surface area contributed by atoms with Gasteiger partial charge in [0.15, 0.2) is 0 Å². The van der Waals surface area contributed by atoms with Crippen molar-refractivity contribution in [1.82, 2.24) is 10.2 Å². The Hall–Kier alpha value is -3.25. The second-order valence-electron chi connectivity index (χ2n) is 7.12. The van der Waals surface area contributed by atoms with Crippen LogP contribution < -0.4 is 10.2 Å². The maximum Gasteiger partial charge on any atom is 0.236 e. The first kappa shape index (κ1) is 19.1. The lowest BCUT2D eigenvalue weighted by Gasteiger charge is -2.36. The number of rotatable bonds is 6. The van der Waals surface area contributed by atoms with Gasteiger partial charge in [0, 0.05) is 31.9 Å². The van der Waals surface area contributed by atoms with Gasteiger partial charge >= 0.3 is 0 Å². The van der Waals surface area contributed by atoms with Crippen molar-refractivity contribution in [1.29, 1.82) is 0 Å². The molecule has 1 fully saturated rings. The summed E-state index contributed by atoms with van der Waals surface area (Å²) in [5.74, 6) is 1.14. The number of nitrogens with one attached hydrogen (secondary N) is 1. The van der Waals surface area contributed by atoms with Gasteiger partial charge < -0.3 is 19.3 Å². The van der Waals surface area contributed by atoms with E-state index in [9.17, 15) is 9.90 Å². The van der Waals surface area contributed by atoms with E-state index < -0.39 is 0 Å². The number of aromatic hydroxyl groups is 1. The van der Waals surface area contributed by atoms with E-state index in [1.165, 1.54) is 0 Å². The molecule has 0 saturated carbocycles. The van der Waals surface area contributed by atoms with Gasteiger partial charge in [-0.2, -0.15) is 0 Å². The molecular weight excluding hydrogens is 366 g/mol. The summed E-state index contributed by atoms with van der Waals surface area (Å²) < 4.78 is 5.59. The second-order valence-corrected chi connectivity index (χ2v) is 7.12. The molecule has 1 atom stereocenters. The highest BCUT2D eigenvalue weighted by Crippen LogP contribution is 2.23. The van der Waals surface area contributed by atoms with E-state index >= 15 is 0 Å². The summed E-state index contributed by atoms with van der Waals surface area (Å²) >= 11 is 0. The van der Waals surface area contributed by atoms with Gasteiger partial charge in [0.1, 0.15) is 11.5 Å². The maximum absolute atomic E-state index is 12.8. The largest absolute Gasteiger partial charge is 0.508 e. The molecule has 0 unspecified atom stereocenters. The van der Waals surface area contributed by atoms with Crippen molar-refractivity contribution in [3.05, 3.63) is 84.3 Å². The Labute approximate surface area is 170 Å². The summed E-state index contributed by atoms with van der Waals surface area (Å²) in [6.45, 7) is 3.16. The summed E-state index contributed by atoms with van der Waals surface area (Å²) in [7, 11) is 0. The lowest BCUT2D eigenvalue weighted by molar-refractivity contribution is -0.130. The van der Waals surface area contributed by atoms with Crippen molar-refractivity contribution >= 4 is 11.6 Å². The third-order valence-electron chi connectivity index (χ3n) is 5.27. The number of carbonyl (C=O) groups is 1. The fraction of sp³-hybridized carbons (Fsp3) is 0.261. The predicted molar refractivity (Wildman–Crippen MR) is 112 cm³/mol. The lowest BCUT2D eigenvalue weighted by Crippen LogP contribution is -2.51.